The lowest BCUT2D eigenvalue weighted by Crippen LogP contribution is -2.06. The molecule has 0 aliphatic carbocycles. The minimum Gasteiger partial charge on any atom is -0.354 e. The highest BCUT2D eigenvalue weighted by Crippen LogP contribution is 2.32. The molecule has 0 bridgehead atoms. The van der Waals surface area contributed by atoms with Gasteiger partial charge in [0.1, 0.15) is 0 Å². The van der Waals surface area contributed by atoms with Gasteiger partial charge in [0.15, 0.2) is 0 Å². The molecule has 0 saturated carbocycles. The molecule has 2 aromatic heterocycles. The van der Waals surface area contributed by atoms with Crippen LogP contribution in [-0.2, 0) is 5.92 Å². The number of nitrogens with one attached hydrogen (secondary N) is 2. The van der Waals surface area contributed by atoms with E-state index < -0.39 is 5.92 Å². The Hall–Kier alpha value is -3.65. The number of hydrogen-bond donors (Lipinski definition) is 2. The number of fused-ring (bicyclic) bond motifs is 1. The Labute approximate surface area is 160 Å². The fraction of sp³-hybridized carbons (Fsp3) is 0.0870. The molecule has 0 amide bonds. The summed E-state index contributed by atoms with van der Waals surface area (Å²) in [5.41, 5.74) is 3.75. The van der Waals surface area contributed by atoms with Crippen molar-refractivity contribution in [3.63, 3.8) is 0 Å². The van der Waals surface area contributed by atoms with E-state index in [2.05, 4.69) is 29.2 Å². The quantitative estimate of drug-likeness (QED) is 0.540. The lowest BCUT2D eigenvalue weighted by Gasteiger charge is -2.10. The maximum Gasteiger partial charge on any atom is 0.270 e. The minimum atomic E-state index is -2.88. The van der Waals surface area contributed by atoms with E-state index in [4.69, 9.17) is 5.26 Å². The molecular formula is C23H17F2N3. The summed E-state index contributed by atoms with van der Waals surface area (Å²) in [6, 6.07) is 15.6. The Morgan fingerprint density at radius 2 is 1.46 bits per heavy atom. The van der Waals surface area contributed by atoms with E-state index in [0.29, 0.717) is 16.3 Å². The van der Waals surface area contributed by atoms with Gasteiger partial charge in [-0.2, -0.15) is 5.26 Å². The average molecular weight is 373 g/mol. The van der Waals surface area contributed by atoms with Gasteiger partial charge in [-0.05, 0) is 23.3 Å². The molecule has 4 aromatic rings. The molecule has 28 heavy (non-hydrogen) atoms. The summed E-state index contributed by atoms with van der Waals surface area (Å²) in [7, 11) is 0. The van der Waals surface area contributed by atoms with Crippen molar-refractivity contribution in [1.82, 2.24) is 9.97 Å². The van der Waals surface area contributed by atoms with Crippen LogP contribution in [0.25, 0.3) is 46.4 Å². The molecule has 0 spiro atoms. The van der Waals surface area contributed by atoms with Gasteiger partial charge in [0, 0.05) is 34.0 Å². The van der Waals surface area contributed by atoms with E-state index in [-0.39, 0.29) is 5.56 Å². The fourth-order valence-electron chi connectivity index (χ4n) is 3.51. The molecule has 0 radical (unpaired) electrons. The zero-order chi connectivity index (χ0) is 20.1. The third-order valence-corrected chi connectivity index (χ3v) is 4.87. The Morgan fingerprint density at radius 1 is 0.893 bits per heavy atom. The predicted molar refractivity (Wildman–Crippen MR) is 108 cm³/mol. The maximum absolute atomic E-state index is 13.5. The van der Waals surface area contributed by atoms with E-state index in [1.54, 1.807) is 24.3 Å². The molecule has 0 atom stereocenters. The lowest BCUT2D eigenvalue weighted by atomic mass is 10.0. The summed E-state index contributed by atoms with van der Waals surface area (Å²) in [4.78, 5) is 6.55. The van der Waals surface area contributed by atoms with Gasteiger partial charge in [-0.15, -0.1) is 0 Å². The molecule has 0 aliphatic heterocycles. The third-order valence-electron chi connectivity index (χ3n) is 4.87. The fourth-order valence-corrected chi connectivity index (χ4v) is 3.51. The zero-order valence-corrected chi connectivity index (χ0v) is 15.2. The molecule has 2 N–H and O–H groups in total. The van der Waals surface area contributed by atoms with Crippen molar-refractivity contribution in [3.8, 4) is 28.6 Å². The number of benzene rings is 2. The van der Waals surface area contributed by atoms with Gasteiger partial charge < -0.3 is 9.97 Å². The van der Waals surface area contributed by atoms with Crippen LogP contribution in [0.15, 0.2) is 48.5 Å². The monoisotopic (exact) mass is 373 g/mol. The first-order chi connectivity index (χ1) is 13.3. The van der Waals surface area contributed by atoms with Crippen LogP contribution in [0.5, 0.6) is 0 Å². The number of alkyl halides is 2. The van der Waals surface area contributed by atoms with Crippen molar-refractivity contribution in [2.45, 2.75) is 12.8 Å². The molecule has 0 aliphatic rings. The highest BCUT2D eigenvalue weighted by atomic mass is 19.3. The topological polar surface area (TPSA) is 55.4 Å². The van der Waals surface area contributed by atoms with Crippen LogP contribution in [0.3, 0.4) is 0 Å². The largest absolute Gasteiger partial charge is 0.354 e. The van der Waals surface area contributed by atoms with Crippen molar-refractivity contribution in [2.75, 3.05) is 0 Å². The second-order valence-corrected chi connectivity index (χ2v) is 6.87. The summed E-state index contributed by atoms with van der Waals surface area (Å²) in [6.45, 7) is 9.09. The molecule has 3 nitrogen and oxygen atoms in total. The van der Waals surface area contributed by atoms with Crippen LogP contribution in [0.1, 0.15) is 18.1 Å². The van der Waals surface area contributed by atoms with Crippen molar-refractivity contribution in [1.29, 1.82) is 5.26 Å². The SMILES string of the molecule is C=c1[nH]c(-c2cccc(C#N)c2)c2c(=C)[nH]c(-c3ccc(C(C)(F)F)cc3)c12. The predicted octanol–water partition coefficient (Wildman–Crippen LogP) is 4.63. The second-order valence-electron chi connectivity index (χ2n) is 6.87. The van der Waals surface area contributed by atoms with Gasteiger partial charge in [0.2, 0.25) is 0 Å². The van der Waals surface area contributed by atoms with Crippen LogP contribution in [-0.4, -0.2) is 9.97 Å². The summed E-state index contributed by atoms with van der Waals surface area (Å²) >= 11 is 0. The third kappa shape index (κ3) is 2.80. The van der Waals surface area contributed by atoms with Crippen LogP contribution >= 0.6 is 0 Å². The van der Waals surface area contributed by atoms with Crippen molar-refractivity contribution in [2.24, 2.45) is 0 Å². The zero-order valence-electron chi connectivity index (χ0n) is 15.2. The molecule has 5 heteroatoms. The van der Waals surface area contributed by atoms with Gasteiger partial charge in [-0.1, -0.05) is 49.6 Å². The molecule has 0 fully saturated rings. The molecule has 4 rings (SSSR count). The number of rotatable bonds is 3. The van der Waals surface area contributed by atoms with Crippen LogP contribution in [0.2, 0.25) is 0 Å². The number of aromatic nitrogens is 2. The van der Waals surface area contributed by atoms with Crippen LogP contribution < -0.4 is 10.7 Å². The first-order valence-corrected chi connectivity index (χ1v) is 8.70. The van der Waals surface area contributed by atoms with Gasteiger partial charge in [-0.3, -0.25) is 0 Å². The highest BCUT2D eigenvalue weighted by Gasteiger charge is 2.24. The maximum atomic E-state index is 13.5. The summed E-state index contributed by atoms with van der Waals surface area (Å²) < 4.78 is 27.0. The number of hydrogen-bond acceptors (Lipinski definition) is 1. The van der Waals surface area contributed by atoms with Crippen molar-refractivity contribution in [3.05, 3.63) is 70.4 Å². The Kier molecular flexibility index (Phi) is 3.93. The first kappa shape index (κ1) is 17.7. The van der Waals surface area contributed by atoms with Gasteiger partial charge in [-0.25, -0.2) is 8.78 Å². The van der Waals surface area contributed by atoms with Crippen molar-refractivity contribution >= 4 is 23.9 Å². The van der Waals surface area contributed by atoms with E-state index in [9.17, 15) is 8.78 Å². The number of nitrogens with zero attached hydrogens (tertiary/aromatic N) is 1. The molecule has 0 unspecified atom stereocenters. The van der Waals surface area contributed by atoms with Crippen molar-refractivity contribution < 1.29 is 8.78 Å². The molecular weight excluding hydrogens is 356 g/mol. The molecule has 2 heterocycles. The number of H-pyrrole nitrogens is 2. The second kappa shape index (κ2) is 6.21. The summed E-state index contributed by atoms with van der Waals surface area (Å²) in [5, 5.41) is 12.3. The first-order valence-electron chi connectivity index (χ1n) is 8.70. The molecule has 0 saturated heterocycles. The van der Waals surface area contributed by atoms with Gasteiger partial charge in [0.05, 0.1) is 23.0 Å². The average Bonchev–Trinajstić information content (AvgIpc) is 3.20. The highest BCUT2D eigenvalue weighted by molar-refractivity contribution is 6.04. The minimum absolute atomic E-state index is 0.0354. The van der Waals surface area contributed by atoms with Crippen LogP contribution in [0, 0.1) is 11.3 Å². The Balaban J connectivity index is 1.92. The van der Waals surface area contributed by atoms with E-state index in [1.807, 2.05) is 12.1 Å². The van der Waals surface area contributed by atoms with E-state index >= 15 is 0 Å². The van der Waals surface area contributed by atoms with Gasteiger partial charge >= 0.3 is 0 Å². The molecule has 138 valence electrons. The van der Waals surface area contributed by atoms with E-state index in [1.165, 1.54) is 12.1 Å². The Morgan fingerprint density at radius 3 is 2.00 bits per heavy atom. The number of halogens is 2. The van der Waals surface area contributed by atoms with E-state index in [0.717, 1.165) is 40.2 Å². The summed E-state index contributed by atoms with van der Waals surface area (Å²) in [6.07, 6.45) is 0. The lowest BCUT2D eigenvalue weighted by molar-refractivity contribution is 0.0175. The summed E-state index contributed by atoms with van der Waals surface area (Å²) in [5.74, 6) is -2.88. The van der Waals surface area contributed by atoms with Crippen LogP contribution in [0.4, 0.5) is 8.78 Å². The number of aromatic amines is 2. The Bertz CT molecular complexity index is 1330. The smallest absolute Gasteiger partial charge is 0.270 e. The standard InChI is InChI=1S/C23H17F2N3/c1-13-19-20(22(28-13)17-6-4-5-15(11-17)12-26)14(2)27-21(19)16-7-9-18(10-8-16)23(3,24)25/h4-11,27-28H,1-2H2,3H3. The normalized spacial score (nSPS) is 11.6. The molecule has 2 aromatic carbocycles. The number of nitriles is 1. The van der Waals surface area contributed by atoms with Gasteiger partial charge in [0.25, 0.3) is 5.92 Å².